The largest absolute Gasteiger partial charge is 0.507 e. The zero-order valence-electron chi connectivity index (χ0n) is 24.7. The van der Waals surface area contributed by atoms with Crippen molar-refractivity contribution in [3.05, 3.63) is 51.6 Å². The van der Waals surface area contributed by atoms with E-state index in [-0.39, 0.29) is 46.6 Å². The molecule has 0 amide bonds. The van der Waals surface area contributed by atoms with Gasteiger partial charge in [0.25, 0.3) is 0 Å². The summed E-state index contributed by atoms with van der Waals surface area (Å²) in [6.45, 7) is 2.80. The van der Waals surface area contributed by atoms with Crippen molar-refractivity contribution in [1.82, 2.24) is 4.90 Å². The minimum Gasteiger partial charge on any atom is -0.507 e. The third-order valence-corrected chi connectivity index (χ3v) is 9.58. The zero-order valence-corrected chi connectivity index (χ0v) is 24.7. The van der Waals surface area contributed by atoms with Gasteiger partial charge in [0.1, 0.15) is 23.4 Å². The summed E-state index contributed by atoms with van der Waals surface area (Å²) in [5.74, 6) is -4.35. The van der Waals surface area contributed by atoms with E-state index >= 15 is 0 Å². The minimum absolute atomic E-state index is 0.0475. The molecule has 5 aliphatic rings. The van der Waals surface area contributed by atoms with E-state index in [0.29, 0.717) is 13.2 Å². The SMILES string of the molecule is COc1cccc2c1C(=O)c1c(O)c3c(c(O)c1C2=O)C[C@@](O)(C(=O)O)C[C@@H]3OC1C[C@H]2[C@H](O[C@@H]3[C@@H](OC)OCCN32)[C@H](C)O1. The molecule has 2 aliphatic carbocycles. The summed E-state index contributed by atoms with van der Waals surface area (Å²) in [6.07, 6.45) is -5.10. The van der Waals surface area contributed by atoms with Crippen LogP contribution in [-0.4, -0.2) is 113 Å². The molecule has 0 saturated carbocycles. The van der Waals surface area contributed by atoms with Crippen molar-refractivity contribution in [2.45, 2.75) is 74.9 Å². The Hall–Kier alpha value is -3.63. The maximum Gasteiger partial charge on any atom is 0.336 e. The highest BCUT2D eigenvalue weighted by molar-refractivity contribution is 6.31. The molecule has 8 atom stereocenters. The number of benzene rings is 2. The summed E-state index contributed by atoms with van der Waals surface area (Å²) in [6, 6.07) is 4.22. The molecule has 3 aliphatic heterocycles. The number of nitrogens with zero attached hydrogens (tertiary/aromatic N) is 1. The zero-order chi connectivity index (χ0) is 31.9. The van der Waals surface area contributed by atoms with Gasteiger partial charge in [-0.2, -0.15) is 0 Å². The quantitative estimate of drug-likeness (QED) is 0.295. The van der Waals surface area contributed by atoms with Gasteiger partial charge in [0.15, 0.2) is 30.2 Å². The first-order valence-electron chi connectivity index (χ1n) is 14.7. The van der Waals surface area contributed by atoms with E-state index in [9.17, 15) is 34.8 Å². The lowest BCUT2D eigenvalue weighted by Crippen LogP contribution is -2.55. The number of fused-ring (bicyclic) bond motifs is 6. The van der Waals surface area contributed by atoms with E-state index in [4.69, 9.17) is 28.4 Å². The maximum atomic E-state index is 13.8. The fourth-order valence-corrected chi connectivity index (χ4v) is 7.49. The number of methoxy groups -OCH3 is 2. The van der Waals surface area contributed by atoms with Crippen LogP contribution in [-0.2, 0) is 34.9 Å². The number of aliphatic hydroxyl groups is 1. The molecule has 3 heterocycles. The second kappa shape index (κ2) is 10.7. The predicted octanol–water partition coefficient (Wildman–Crippen LogP) is 1.23. The van der Waals surface area contributed by atoms with Crippen LogP contribution in [0.2, 0.25) is 0 Å². The standard InChI is InChI=1S/C31H33NO13/c1-12-27-15(32-7-8-42-29(41-3)28(32)45-27)9-18(43-12)44-17-11-31(39,30(37)38)10-14-20(17)26(36)22-21(24(14)34)23(33)13-5-4-6-16(40-2)19(13)25(22)35/h4-6,12,15,17-18,27-29,34,36,39H,7-11H2,1-3H3,(H,37,38)/t12-,15-,17-,18?,27+,28+,29-,31-/m0/s1. The number of carboxylic acids is 1. The van der Waals surface area contributed by atoms with Gasteiger partial charge >= 0.3 is 5.97 Å². The highest BCUT2D eigenvalue weighted by atomic mass is 16.7. The Bertz CT molecular complexity index is 1610. The molecule has 3 fully saturated rings. The molecule has 7 rings (SSSR count). The molecule has 45 heavy (non-hydrogen) atoms. The average Bonchev–Trinajstić information content (AvgIpc) is 3.40. The highest BCUT2D eigenvalue weighted by Crippen LogP contribution is 2.53. The molecule has 0 aromatic heterocycles. The number of ether oxygens (including phenoxy) is 6. The topological polar surface area (TPSA) is 191 Å². The second-order valence-corrected chi connectivity index (χ2v) is 12.0. The number of phenolic OH excluding ortho intramolecular Hbond substituents is 2. The monoisotopic (exact) mass is 627 g/mol. The van der Waals surface area contributed by atoms with Crippen molar-refractivity contribution < 1.29 is 63.2 Å². The first-order chi connectivity index (χ1) is 21.5. The van der Waals surface area contributed by atoms with Crippen LogP contribution in [0.5, 0.6) is 17.2 Å². The molecule has 0 spiro atoms. The maximum absolute atomic E-state index is 13.8. The third-order valence-electron chi connectivity index (χ3n) is 9.58. The second-order valence-electron chi connectivity index (χ2n) is 12.0. The molecule has 0 bridgehead atoms. The number of rotatable bonds is 5. The van der Waals surface area contributed by atoms with Crippen molar-refractivity contribution in [1.29, 1.82) is 0 Å². The fraction of sp³-hybridized carbons (Fsp3) is 0.516. The van der Waals surface area contributed by atoms with Gasteiger partial charge in [-0.05, 0) is 13.0 Å². The van der Waals surface area contributed by atoms with Gasteiger partial charge in [-0.25, -0.2) is 4.79 Å². The number of aliphatic carboxylic acids is 1. The molecular weight excluding hydrogens is 594 g/mol. The third kappa shape index (κ3) is 4.39. The predicted molar refractivity (Wildman–Crippen MR) is 149 cm³/mol. The van der Waals surface area contributed by atoms with Gasteiger partial charge in [0.2, 0.25) is 5.78 Å². The number of aromatic hydroxyl groups is 2. The van der Waals surface area contributed by atoms with Gasteiger partial charge in [0, 0.05) is 55.6 Å². The molecule has 14 heteroatoms. The fourth-order valence-electron chi connectivity index (χ4n) is 7.49. The normalized spacial score (nSPS) is 33.9. The van der Waals surface area contributed by atoms with Crippen LogP contribution in [0.25, 0.3) is 0 Å². The van der Waals surface area contributed by atoms with E-state index in [1.54, 1.807) is 0 Å². The number of carbonyl (C=O) groups is 3. The number of hydrogen-bond acceptors (Lipinski definition) is 13. The Morgan fingerprint density at radius 3 is 2.53 bits per heavy atom. The van der Waals surface area contributed by atoms with Crippen LogP contribution < -0.4 is 4.74 Å². The number of carboxylic acid groups (broad SMARTS) is 1. The van der Waals surface area contributed by atoms with E-state index in [1.807, 2.05) is 6.92 Å². The summed E-state index contributed by atoms with van der Waals surface area (Å²) in [7, 11) is 2.87. The molecule has 1 unspecified atom stereocenters. The molecule has 14 nitrogen and oxygen atoms in total. The summed E-state index contributed by atoms with van der Waals surface area (Å²) in [5.41, 5.74) is -3.79. The molecule has 2 aromatic rings. The van der Waals surface area contributed by atoms with Crippen LogP contribution in [0.3, 0.4) is 0 Å². The van der Waals surface area contributed by atoms with Crippen molar-refractivity contribution in [3.63, 3.8) is 0 Å². The molecular formula is C31H33NO13. The Balaban J connectivity index is 1.29. The number of ketones is 2. The molecule has 2 aromatic carbocycles. The van der Waals surface area contributed by atoms with Gasteiger partial charge < -0.3 is 48.8 Å². The lowest BCUT2D eigenvalue weighted by Gasteiger charge is -2.43. The number of hydrogen-bond donors (Lipinski definition) is 4. The Kier molecular flexibility index (Phi) is 7.16. The lowest BCUT2D eigenvalue weighted by atomic mass is 9.73. The molecule has 3 saturated heterocycles. The van der Waals surface area contributed by atoms with Crippen molar-refractivity contribution >= 4 is 17.5 Å². The van der Waals surface area contributed by atoms with Crippen LogP contribution in [0.4, 0.5) is 0 Å². The van der Waals surface area contributed by atoms with Crippen molar-refractivity contribution in [3.8, 4) is 17.2 Å². The first-order valence-corrected chi connectivity index (χ1v) is 14.7. The van der Waals surface area contributed by atoms with Crippen molar-refractivity contribution in [2.75, 3.05) is 27.4 Å². The van der Waals surface area contributed by atoms with E-state index in [2.05, 4.69) is 4.90 Å². The average molecular weight is 628 g/mol. The lowest BCUT2D eigenvalue weighted by molar-refractivity contribution is -0.256. The van der Waals surface area contributed by atoms with Gasteiger partial charge in [-0.1, -0.05) is 12.1 Å². The van der Waals surface area contributed by atoms with E-state index in [0.717, 1.165) is 0 Å². The summed E-state index contributed by atoms with van der Waals surface area (Å²) in [5, 5.41) is 44.4. The van der Waals surface area contributed by atoms with Crippen LogP contribution in [0.15, 0.2) is 18.2 Å². The van der Waals surface area contributed by atoms with E-state index in [1.165, 1.54) is 32.4 Å². The minimum atomic E-state index is -2.43. The molecule has 0 radical (unpaired) electrons. The Labute approximate surface area is 256 Å². The van der Waals surface area contributed by atoms with Gasteiger partial charge in [-0.15, -0.1) is 0 Å². The van der Waals surface area contributed by atoms with Crippen LogP contribution in [0.1, 0.15) is 68.8 Å². The van der Waals surface area contributed by atoms with Gasteiger partial charge in [-0.3, -0.25) is 14.5 Å². The smallest absolute Gasteiger partial charge is 0.336 e. The number of carbonyl (C=O) groups excluding carboxylic acids is 2. The number of phenols is 2. The van der Waals surface area contributed by atoms with Gasteiger partial charge in [0.05, 0.1) is 42.6 Å². The summed E-state index contributed by atoms with van der Waals surface area (Å²) in [4.78, 5) is 41.9. The number of morpholine rings is 1. The summed E-state index contributed by atoms with van der Waals surface area (Å²) < 4.78 is 35.2. The van der Waals surface area contributed by atoms with Crippen molar-refractivity contribution in [2.24, 2.45) is 0 Å². The summed E-state index contributed by atoms with van der Waals surface area (Å²) >= 11 is 0. The first kappa shape index (κ1) is 30.0. The Morgan fingerprint density at radius 2 is 1.82 bits per heavy atom. The highest BCUT2D eigenvalue weighted by Gasteiger charge is 2.55. The van der Waals surface area contributed by atoms with Crippen LogP contribution >= 0.6 is 0 Å². The van der Waals surface area contributed by atoms with Crippen LogP contribution in [0, 0.1) is 0 Å². The molecule has 4 N–H and O–H groups in total. The van der Waals surface area contributed by atoms with E-state index < -0.39 is 89.6 Å². The molecule has 240 valence electrons. The Morgan fingerprint density at radius 1 is 1.07 bits per heavy atom.